The number of nitrogens with zero attached hydrogens (tertiary/aromatic N) is 2. The summed E-state index contributed by atoms with van der Waals surface area (Å²) < 4.78 is 25.6. The van der Waals surface area contributed by atoms with Gasteiger partial charge in [0.1, 0.15) is 5.69 Å². The minimum Gasteiger partial charge on any atom is -0.275 e. The van der Waals surface area contributed by atoms with Gasteiger partial charge in [-0.25, -0.2) is 8.78 Å². The minimum absolute atomic E-state index is 0.135. The topological polar surface area (TPSA) is 17.8 Å². The van der Waals surface area contributed by atoms with E-state index in [-0.39, 0.29) is 5.69 Å². The van der Waals surface area contributed by atoms with Crippen LogP contribution >= 0.6 is 15.9 Å². The van der Waals surface area contributed by atoms with Gasteiger partial charge in [-0.05, 0) is 0 Å². The molecule has 0 fully saturated rings. The lowest BCUT2D eigenvalue weighted by Crippen LogP contribution is -1.91. The summed E-state index contributed by atoms with van der Waals surface area (Å²) in [6.07, 6.45) is -0.903. The van der Waals surface area contributed by atoms with Crippen LogP contribution in [-0.2, 0) is 12.4 Å². The molecule has 0 bridgehead atoms. The highest BCUT2D eigenvalue weighted by Crippen LogP contribution is 2.22. The molecule has 1 aromatic heterocycles. The van der Waals surface area contributed by atoms with Crippen molar-refractivity contribution in [3.63, 3.8) is 0 Å². The lowest BCUT2D eigenvalue weighted by Gasteiger charge is -1.94. The highest BCUT2D eigenvalue weighted by molar-refractivity contribution is 9.08. The molecule has 11 heavy (non-hydrogen) atoms. The number of rotatable bonds is 2. The van der Waals surface area contributed by atoms with Crippen molar-refractivity contribution >= 4 is 15.9 Å². The number of aryl methyl sites for hydroxylation is 1. The predicted octanol–water partition coefficient (Wildman–Crippen LogP) is 2.25. The average Bonchev–Trinajstić information content (AvgIpc) is 2.30. The molecule has 0 N–H and O–H groups in total. The van der Waals surface area contributed by atoms with E-state index in [1.807, 2.05) is 0 Å². The largest absolute Gasteiger partial charge is 0.282 e. The van der Waals surface area contributed by atoms with Crippen molar-refractivity contribution in [3.05, 3.63) is 17.5 Å². The van der Waals surface area contributed by atoms with Gasteiger partial charge in [-0.15, -0.1) is 0 Å². The van der Waals surface area contributed by atoms with Gasteiger partial charge >= 0.3 is 0 Å². The number of hydrogen-bond donors (Lipinski definition) is 0. The van der Waals surface area contributed by atoms with Crippen LogP contribution in [-0.4, -0.2) is 9.78 Å². The summed E-state index contributed by atoms with van der Waals surface area (Å²) in [6.45, 7) is 0. The van der Waals surface area contributed by atoms with Gasteiger partial charge in [0.2, 0.25) is 0 Å². The maximum absolute atomic E-state index is 12.1. The first kappa shape index (κ1) is 8.64. The first-order valence-electron chi connectivity index (χ1n) is 3.01. The van der Waals surface area contributed by atoms with Crippen molar-refractivity contribution in [2.24, 2.45) is 7.05 Å². The van der Waals surface area contributed by atoms with Gasteiger partial charge in [-0.1, -0.05) is 15.9 Å². The Morgan fingerprint density at radius 2 is 2.36 bits per heavy atom. The Kier molecular flexibility index (Phi) is 2.59. The summed E-state index contributed by atoms with van der Waals surface area (Å²) in [5, 5.41) is 4.03. The molecule has 5 heteroatoms. The van der Waals surface area contributed by atoms with Crippen LogP contribution < -0.4 is 0 Å². The van der Waals surface area contributed by atoms with E-state index in [0.717, 1.165) is 0 Å². The third-order valence-electron chi connectivity index (χ3n) is 1.29. The molecule has 62 valence electrons. The van der Waals surface area contributed by atoms with Crippen LogP contribution in [0.3, 0.4) is 0 Å². The fraction of sp³-hybridized carbons (Fsp3) is 0.500. The highest BCUT2D eigenvalue weighted by Gasteiger charge is 2.15. The van der Waals surface area contributed by atoms with Gasteiger partial charge in [0.25, 0.3) is 6.43 Å². The molecule has 0 saturated heterocycles. The lowest BCUT2D eigenvalue weighted by atomic mass is 10.3. The SMILES string of the molecule is Cn1cc(CBr)c(C(F)F)n1. The molecule has 0 aromatic carbocycles. The van der Waals surface area contributed by atoms with Crippen LogP contribution in [0.15, 0.2) is 6.20 Å². The molecule has 0 radical (unpaired) electrons. The Bertz CT molecular complexity index is 247. The maximum Gasteiger partial charge on any atom is 0.282 e. The van der Waals surface area contributed by atoms with Gasteiger partial charge in [0.15, 0.2) is 0 Å². The quantitative estimate of drug-likeness (QED) is 0.705. The molecule has 0 spiro atoms. The molecule has 0 atom stereocenters. The lowest BCUT2D eigenvalue weighted by molar-refractivity contribution is 0.144. The van der Waals surface area contributed by atoms with Crippen molar-refractivity contribution in [2.45, 2.75) is 11.8 Å². The molecule has 0 aliphatic heterocycles. The van der Waals surface area contributed by atoms with Crippen LogP contribution in [0.25, 0.3) is 0 Å². The molecule has 0 unspecified atom stereocenters. The molecule has 0 aliphatic rings. The second-order valence-corrected chi connectivity index (χ2v) is 2.71. The van der Waals surface area contributed by atoms with Gasteiger partial charge < -0.3 is 0 Å². The Hall–Kier alpha value is -0.450. The Balaban J connectivity index is 3.02. The highest BCUT2D eigenvalue weighted by atomic mass is 79.9. The standard InChI is InChI=1S/C6H7BrF2N2/c1-11-3-4(2-7)5(10-11)6(8)9/h3,6H,2H2,1H3. The molecule has 1 aromatic rings. The number of aromatic nitrogens is 2. The Morgan fingerprint density at radius 1 is 1.73 bits per heavy atom. The van der Waals surface area contributed by atoms with Crippen LogP contribution in [0.1, 0.15) is 17.7 Å². The normalized spacial score (nSPS) is 11.0. The smallest absolute Gasteiger partial charge is 0.275 e. The number of alkyl halides is 3. The van der Waals surface area contributed by atoms with E-state index in [9.17, 15) is 8.78 Å². The summed E-state index contributed by atoms with van der Waals surface area (Å²) in [5.74, 6) is 0. The molecular weight excluding hydrogens is 218 g/mol. The van der Waals surface area contributed by atoms with Crippen LogP contribution in [0.2, 0.25) is 0 Å². The van der Waals surface area contributed by atoms with E-state index in [2.05, 4.69) is 21.0 Å². The third kappa shape index (κ3) is 1.77. The average molecular weight is 225 g/mol. The van der Waals surface area contributed by atoms with Crippen molar-refractivity contribution in [1.82, 2.24) is 9.78 Å². The second-order valence-electron chi connectivity index (χ2n) is 2.15. The summed E-state index contributed by atoms with van der Waals surface area (Å²) in [4.78, 5) is 0. The summed E-state index contributed by atoms with van der Waals surface area (Å²) in [5.41, 5.74) is 0.409. The summed E-state index contributed by atoms with van der Waals surface area (Å²) in [7, 11) is 1.62. The van der Waals surface area contributed by atoms with Gasteiger partial charge in [0, 0.05) is 24.1 Å². The number of halogens is 3. The summed E-state index contributed by atoms with van der Waals surface area (Å²) >= 11 is 3.10. The van der Waals surface area contributed by atoms with E-state index in [4.69, 9.17) is 0 Å². The molecule has 0 saturated carbocycles. The van der Waals surface area contributed by atoms with Gasteiger partial charge in [-0.3, -0.25) is 4.68 Å². The van der Waals surface area contributed by atoms with Crippen molar-refractivity contribution in [2.75, 3.05) is 0 Å². The van der Waals surface area contributed by atoms with Crippen LogP contribution in [0.4, 0.5) is 8.78 Å². The maximum atomic E-state index is 12.1. The molecule has 0 amide bonds. The van der Waals surface area contributed by atoms with Gasteiger partial charge in [0.05, 0.1) is 0 Å². The Morgan fingerprint density at radius 3 is 2.73 bits per heavy atom. The van der Waals surface area contributed by atoms with E-state index in [0.29, 0.717) is 10.9 Å². The molecule has 2 nitrogen and oxygen atoms in total. The zero-order valence-corrected chi connectivity index (χ0v) is 7.48. The van der Waals surface area contributed by atoms with Crippen LogP contribution in [0.5, 0.6) is 0 Å². The minimum atomic E-state index is -2.48. The second kappa shape index (κ2) is 3.30. The molecule has 1 heterocycles. The molecular formula is C6H7BrF2N2. The van der Waals surface area contributed by atoms with E-state index in [1.165, 1.54) is 4.68 Å². The zero-order valence-electron chi connectivity index (χ0n) is 5.89. The van der Waals surface area contributed by atoms with Crippen molar-refractivity contribution in [3.8, 4) is 0 Å². The first-order chi connectivity index (χ1) is 5.15. The predicted molar refractivity (Wildman–Crippen MR) is 40.8 cm³/mol. The fourth-order valence-corrected chi connectivity index (χ4v) is 1.27. The van der Waals surface area contributed by atoms with Crippen molar-refractivity contribution in [1.29, 1.82) is 0 Å². The van der Waals surface area contributed by atoms with Crippen molar-refractivity contribution < 1.29 is 8.78 Å². The van der Waals surface area contributed by atoms with E-state index < -0.39 is 6.43 Å². The monoisotopic (exact) mass is 224 g/mol. The first-order valence-corrected chi connectivity index (χ1v) is 4.14. The fourth-order valence-electron chi connectivity index (χ4n) is 0.841. The van der Waals surface area contributed by atoms with E-state index >= 15 is 0 Å². The van der Waals surface area contributed by atoms with E-state index in [1.54, 1.807) is 13.2 Å². The zero-order chi connectivity index (χ0) is 8.43. The van der Waals surface area contributed by atoms with Gasteiger partial charge in [-0.2, -0.15) is 5.10 Å². The summed E-state index contributed by atoms with van der Waals surface area (Å²) in [6, 6.07) is 0. The molecule has 0 aliphatic carbocycles. The van der Waals surface area contributed by atoms with Crippen LogP contribution in [0, 0.1) is 0 Å². The Labute approximate surface area is 71.3 Å². The molecule has 1 rings (SSSR count). The number of hydrogen-bond acceptors (Lipinski definition) is 1. The third-order valence-corrected chi connectivity index (χ3v) is 1.89.